The van der Waals surface area contributed by atoms with E-state index in [0.29, 0.717) is 0 Å². The van der Waals surface area contributed by atoms with Crippen molar-refractivity contribution < 1.29 is 4.74 Å². The summed E-state index contributed by atoms with van der Waals surface area (Å²) in [5.41, 5.74) is 8.69. The van der Waals surface area contributed by atoms with Crippen LogP contribution in [0.1, 0.15) is 49.8 Å². The van der Waals surface area contributed by atoms with E-state index >= 15 is 0 Å². The maximum Gasteiger partial charge on any atom is 0.124 e. The fourth-order valence-electron chi connectivity index (χ4n) is 2.99. The summed E-state index contributed by atoms with van der Waals surface area (Å²) in [6.45, 7) is 4.32. The zero-order chi connectivity index (χ0) is 12.0. The lowest BCUT2D eigenvalue weighted by Crippen LogP contribution is -2.40. The van der Waals surface area contributed by atoms with Gasteiger partial charge in [0.25, 0.3) is 0 Å². The Hall–Kier alpha value is -1.02. The van der Waals surface area contributed by atoms with Crippen LogP contribution in [0.15, 0.2) is 18.2 Å². The van der Waals surface area contributed by atoms with Gasteiger partial charge in [-0.3, -0.25) is 0 Å². The van der Waals surface area contributed by atoms with Gasteiger partial charge in [-0.15, -0.1) is 0 Å². The second-order valence-corrected chi connectivity index (χ2v) is 6.05. The molecule has 1 saturated carbocycles. The SMILES string of the molecule is Cc1ccc2c(c1)[C@H](N)CC(C)(CC1CC1)O2. The maximum atomic E-state index is 6.31. The second kappa shape index (κ2) is 3.74. The first kappa shape index (κ1) is 11.1. The molecule has 0 saturated heterocycles. The summed E-state index contributed by atoms with van der Waals surface area (Å²) in [4.78, 5) is 0. The highest BCUT2D eigenvalue weighted by atomic mass is 16.5. The summed E-state index contributed by atoms with van der Waals surface area (Å²) < 4.78 is 6.22. The first-order valence-corrected chi connectivity index (χ1v) is 6.61. The van der Waals surface area contributed by atoms with Gasteiger partial charge in [-0.1, -0.05) is 30.5 Å². The highest BCUT2D eigenvalue weighted by Crippen LogP contribution is 2.45. The third kappa shape index (κ3) is 2.19. The van der Waals surface area contributed by atoms with Gasteiger partial charge in [0.05, 0.1) is 0 Å². The largest absolute Gasteiger partial charge is 0.487 e. The van der Waals surface area contributed by atoms with Gasteiger partial charge in [0.2, 0.25) is 0 Å². The van der Waals surface area contributed by atoms with E-state index in [1.165, 1.54) is 24.0 Å². The zero-order valence-electron chi connectivity index (χ0n) is 10.7. The van der Waals surface area contributed by atoms with Gasteiger partial charge in [-0.25, -0.2) is 0 Å². The second-order valence-electron chi connectivity index (χ2n) is 6.05. The van der Waals surface area contributed by atoms with Crippen molar-refractivity contribution in [2.75, 3.05) is 0 Å². The van der Waals surface area contributed by atoms with Crippen molar-refractivity contribution in [3.8, 4) is 5.75 Å². The van der Waals surface area contributed by atoms with Gasteiger partial charge in [-0.05, 0) is 32.3 Å². The van der Waals surface area contributed by atoms with Gasteiger partial charge in [-0.2, -0.15) is 0 Å². The van der Waals surface area contributed by atoms with Crippen LogP contribution in [-0.2, 0) is 0 Å². The van der Waals surface area contributed by atoms with E-state index in [2.05, 4.69) is 32.0 Å². The van der Waals surface area contributed by atoms with E-state index in [9.17, 15) is 0 Å². The van der Waals surface area contributed by atoms with Crippen LogP contribution in [0, 0.1) is 12.8 Å². The highest BCUT2D eigenvalue weighted by Gasteiger charge is 2.40. The molecular weight excluding hydrogens is 210 g/mol. The summed E-state index contributed by atoms with van der Waals surface area (Å²) in [6.07, 6.45) is 4.85. The molecule has 0 bridgehead atoms. The Kier molecular flexibility index (Phi) is 2.44. The van der Waals surface area contributed by atoms with Crippen molar-refractivity contribution in [1.82, 2.24) is 0 Å². The average Bonchev–Trinajstić information content (AvgIpc) is 3.03. The first-order chi connectivity index (χ1) is 8.06. The normalized spacial score (nSPS) is 31.8. The lowest BCUT2D eigenvalue weighted by atomic mass is 9.85. The molecule has 1 aliphatic carbocycles. The van der Waals surface area contributed by atoms with Crippen molar-refractivity contribution in [2.24, 2.45) is 11.7 Å². The van der Waals surface area contributed by atoms with Crippen LogP contribution in [0.25, 0.3) is 0 Å². The maximum absolute atomic E-state index is 6.31. The minimum absolute atomic E-state index is 0.0527. The van der Waals surface area contributed by atoms with E-state index in [-0.39, 0.29) is 11.6 Å². The monoisotopic (exact) mass is 231 g/mol. The Balaban J connectivity index is 1.88. The number of hydrogen-bond acceptors (Lipinski definition) is 2. The molecule has 0 amide bonds. The van der Waals surface area contributed by atoms with Crippen LogP contribution < -0.4 is 10.5 Å². The Morgan fingerprint density at radius 1 is 1.41 bits per heavy atom. The van der Waals surface area contributed by atoms with Crippen molar-refractivity contribution in [3.05, 3.63) is 29.3 Å². The molecule has 2 heteroatoms. The van der Waals surface area contributed by atoms with Gasteiger partial charge < -0.3 is 10.5 Å². The Morgan fingerprint density at radius 3 is 2.88 bits per heavy atom. The lowest BCUT2D eigenvalue weighted by molar-refractivity contribution is 0.0402. The van der Waals surface area contributed by atoms with Gasteiger partial charge in [0, 0.05) is 18.0 Å². The van der Waals surface area contributed by atoms with E-state index in [0.717, 1.165) is 24.5 Å². The van der Waals surface area contributed by atoms with Crippen LogP contribution in [0.4, 0.5) is 0 Å². The molecule has 0 aromatic heterocycles. The third-order valence-electron chi connectivity index (χ3n) is 3.99. The standard InChI is InChI=1S/C15H21NO/c1-10-3-6-14-12(7-10)13(16)9-15(2,17-14)8-11-4-5-11/h3,6-7,11,13H,4-5,8-9,16H2,1-2H3/t13-,15?/m1/s1. The van der Waals surface area contributed by atoms with Gasteiger partial charge >= 0.3 is 0 Å². The Labute approximate surface area is 103 Å². The first-order valence-electron chi connectivity index (χ1n) is 6.61. The molecule has 0 spiro atoms. The van der Waals surface area contributed by atoms with Crippen LogP contribution in [0.2, 0.25) is 0 Å². The molecule has 1 aliphatic heterocycles. The van der Waals surface area contributed by atoms with E-state index < -0.39 is 0 Å². The van der Waals surface area contributed by atoms with Crippen molar-refractivity contribution in [2.45, 2.75) is 51.2 Å². The molecular formula is C15H21NO. The van der Waals surface area contributed by atoms with Crippen LogP contribution in [-0.4, -0.2) is 5.60 Å². The molecule has 17 heavy (non-hydrogen) atoms. The van der Waals surface area contributed by atoms with E-state index in [1.54, 1.807) is 0 Å². The lowest BCUT2D eigenvalue weighted by Gasteiger charge is -2.39. The topological polar surface area (TPSA) is 35.2 Å². The molecule has 1 fully saturated rings. The molecule has 1 aromatic carbocycles. The average molecular weight is 231 g/mol. The summed E-state index contributed by atoms with van der Waals surface area (Å²) in [5, 5.41) is 0. The van der Waals surface area contributed by atoms with Crippen molar-refractivity contribution >= 4 is 0 Å². The fraction of sp³-hybridized carbons (Fsp3) is 0.600. The molecule has 1 unspecified atom stereocenters. The molecule has 0 radical (unpaired) electrons. The Morgan fingerprint density at radius 2 is 2.18 bits per heavy atom. The van der Waals surface area contributed by atoms with E-state index in [4.69, 9.17) is 10.5 Å². The molecule has 1 heterocycles. The number of ether oxygens (including phenoxy) is 1. The van der Waals surface area contributed by atoms with Gasteiger partial charge in [0.15, 0.2) is 0 Å². The predicted molar refractivity (Wildman–Crippen MR) is 69.1 cm³/mol. The quantitative estimate of drug-likeness (QED) is 0.847. The molecule has 2 aliphatic rings. The molecule has 2 N–H and O–H groups in total. The predicted octanol–water partition coefficient (Wildman–Crippen LogP) is 3.34. The molecule has 92 valence electrons. The van der Waals surface area contributed by atoms with E-state index in [1.807, 2.05) is 0 Å². The fourth-order valence-corrected chi connectivity index (χ4v) is 2.99. The highest BCUT2D eigenvalue weighted by molar-refractivity contribution is 5.41. The smallest absolute Gasteiger partial charge is 0.124 e. The third-order valence-corrected chi connectivity index (χ3v) is 3.99. The zero-order valence-corrected chi connectivity index (χ0v) is 10.7. The number of benzene rings is 1. The van der Waals surface area contributed by atoms with Gasteiger partial charge in [0.1, 0.15) is 11.4 Å². The van der Waals surface area contributed by atoms with Crippen LogP contribution in [0.3, 0.4) is 0 Å². The van der Waals surface area contributed by atoms with Crippen LogP contribution in [0.5, 0.6) is 5.75 Å². The summed E-state index contributed by atoms with van der Waals surface area (Å²) >= 11 is 0. The molecule has 2 nitrogen and oxygen atoms in total. The minimum atomic E-state index is -0.0527. The molecule has 3 rings (SSSR count). The van der Waals surface area contributed by atoms with Crippen LogP contribution >= 0.6 is 0 Å². The van der Waals surface area contributed by atoms with Crippen molar-refractivity contribution in [1.29, 1.82) is 0 Å². The summed E-state index contributed by atoms with van der Waals surface area (Å²) in [7, 11) is 0. The summed E-state index contributed by atoms with van der Waals surface area (Å²) in [6, 6.07) is 6.47. The number of rotatable bonds is 2. The van der Waals surface area contributed by atoms with Crippen molar-refractivity contribution in [3.63, 3.8) is 0 Å². The number of hydrogen-bond donors (Lipinski definition) is 1. The number of nitrogens with two attached hydrogens (primary N) is 1. The molecule has 1 aromatic rings. The number of fused-ring (bicyclic) bond motifs is 1. The summed E-state index contributed by atoms with van der Waals surface area (Å²) in [5.74, 6) is 1.87. The Bertz CT molecular complexity index is 439. The molecule has 2 atom stereocenters. The number of aryl methyl sites for hydroxylation is 1. The minimum Gasteiger partial charge on any atom is -0.487 e.